The minimum atomic E-state index is 0.676. The summed E-state index contributed by atoms with van der Waals surface area (Å²) in [5, 5.41) is 1.74. The molecule has 0 bridgehead atoms. The van der Waals surface area contributed by atoms with Crippen molar-refractivity contribution in [2.75, 3.05) is 0 Å². The molecule has 13 heavy (non-hydrogen) atoms. The lowest BCUT2D eigenvalue weighted by atomic mass is 10.3. The smallest absolute Gasteiger partial charge is 0.0830 e. The van der Waals surface area contributed by atoms with Gasteiger partial charge in [0.05, 0.1) is 10.5 Å². The van der Waals surface area contributed by atoms with E-state index in [9.17, 15) is 0 Å². The van der Waals surface area contributed by atoms with Crippen molar-refractivity contribution in [3.05, 3.63) is 29.2 Å². The predicted octanol–water partition coefficient (Wildman–Crippen LogP) is 3.55. The Labute approximate surface area is 82.9 Å². The summed E-state index contributed by atoms with van der Waals surface area (Å²) in [7, 11) is 0. The van der Waals surface area contributed by atoms with Gasteiger partial charge in [-0.2, -0.15) is 0 Å². The molecule has 0 radical (unpaired) electrons. The number of nitrogens with zero attached hydrogens (tertiary/aromatic N) is 1. The number of rotatable bonds is 0. The Bertz CT molecular complexity index is 393. The van der Waals surface area contributed by atoms with Crippen LogP contribution in [0.3, 0.4) is 0 Å². The topological polar surface area (TPSA) is 28.7 Å². The van der Waals surface area contributed by atoms with Crippen molar-refractivity contribution in [2.24, 2.45) is 0 Å². The monoisotopic (exact) mass is 196 g/mol. The Morgan fingerprint density at radius 2 is 2.00 bits per heavy atom. The number of aryl methyl sites for hydroxylation is 1. The van der Waals surface area contributed by atoms with Crippen LogP contribution in [-0.4, -0.2) is 9.97 Å². The number of hydrogen-bond donors (Lipinski definition) is 1. The van der Waals surface area contributed by atoms with E-state index < -0.39 is 0 Å². The van der Waals surface area contributed by atoms with Crippen LogP contribution in [0.4, 0.5) is 0 Å². The van der Waals surface area contributed by atoms with E-state index in [1.807, 2.05) is 26.8 Å². The first-order chi connectivity index (χ1) is 6.27. The molecular formula is C10H13ClN2. The maximum atomic E-state index is 5.88. The number of aromatic nitrogens is 2. The molecule has 0 aliphatic heterocycles. The van der Waals surface area contributed by atoms with Gasteiger partial charge in [-0.25, -0.2) is 0 Å². The number of nitrogens with one attached hydrogen (secondary N) is 1. The van der Waals surface area contributed by atoms with Crippen molar-refractivity contribution in [3.63, 3.8) is 0 Å². The van der Waals surface area contributed by atoms with Crippen molar-refractivity contribution in [2.45, 2.75) is 20.8 Å². The second-order valence-electron chi connectivity index (χ2n) is 2.54. The Kier molecular flexibility index (Phi) is 3.32. The highest BCUT2D eigenvalue weighted by Gasteiger charge is 2.00. The lowest BCUT2D eigenvalue weighted by molar-refractivity contribution is 1.29. The maximum Gasteiger partial charge on any atom is 0.0830 e. The van der Waals surface area contributed by atoms with Crippen LogP contribution in [0.1, 0.15) is 19.5 Å². The van der Waals surface area contributed by atoms with E-state index in [0.29, 0.717) is 5.02 Å². The molecule has 0 aromatic carbocycles. The molecule has 0 unspecified atom stereocenters. The molecule has 0 saturated heterocycles. The van der Waals surface area contributed by atoms with Gasteiger partial charge >= 0.3 is 0 Å². The fraction of sp³-hybridized carbons (Fsp3) is 0.300. The van der Waals surface area contributed by atoms with E-state index in [1.54, 1.807) is 12.4 Å². The minimum Gasteiger partial charge on any atom is -0.357 e. The Morgan fingerprint density at radius 3 is 2.62 bits per heavy atom. The third kappa shape index (κ3) is 2.01. The predicted molar refractivity (Wildman–Crippen MR) is 57.2 cm³/mol. The van der Waals surface area contributed by atoms with Crippen molar-refractivity contribution < 1.29 is 0 Å². The molecule has 0 atom stereocenters. The quantitative estimate of drug-likeness (QED) is 0.686. The molecule has 70 valence electrons. The largest absolute Gasteiger partial charge is 0.357 e. The number of pyridine rings is 1. The number of halogens is 1. The summed E-state index contributed by atoms with van der Waals surface area (Å²) >= 11 is 5.88. The maximum absolute atomic E-state index is 5.88. The summed E-state index contributed by atoms with van der Waals surface area (Å²) in [4.78, 5) is 7.13. The zero-order valence-corrected chi connectivity index (χ0v) is 8.81. The van der Waals surface area contributed by atoms with Crippen molar-refractivity contribution in [3.8, 4) is 0 Å². The van der Waals surface area contributed by atoms with Gasteiger partial charge in [-0.05, 0) is 13.0 Å². The lowest BCUT2D eigenvalue weighted by Crippen LogP contribution is -1.73. The van der Waals surface area contributed by atoms with E-state index >= 15 is 0 Å². The first kappa shape index (κ1) is 10.1. The molecule has 2 nitrogen and oxygen atoms in total. The van der Waals surface area contributed by atoms with Gasteiger partial charge in [0, 0.05) is 23.5 Å². The van der Waals surface area contributed by atoms with Crippen molar-refractivity contribution >= 4 is 22.5 Å². The molecule has 0 spiro atoms. The zero-order valence-electron chi connectivity index (χ0n) is 8.06. The van der Waals surface area contributed by atoms with Crippen molar-refractivity contribution in [1.82, 2.24) is 9.97 Å². The Balaban J connectivity index is 0.000000396. The van der Waals surface area contributed by atoms with Crippen LogP contribution < -0.4 is 0 Å². The molecule has 3 heteroatoms. The molecule has 2 aromatic rings. The number of aromatic amines is 1. The fourth-order valence-electron chi connectivity index (χ4n) is 1.16. The Hall–Kier alpha value is -1.02. The Morgan fingerprint density at radius 1 is 1.31 bits per heavy atom. The van der Waals surface area contributed by atoms with Gasteiger partial charge in [-0.1, -0.05) is 25.4 Å². The molecule has 0 aliphatic carbocycles. The van der Waals surface area contributed by atoms with E-state index in [4.69, 9.17) is 11.6 Å². The normalized spacial score (nSPS) is 9.54. The first-order valence-electron chi connectivity index (χ1n) is 4.36. The number of H-pyrrole nitrogens is 1. The summed E-state index contributed by atoms with van der Waals surface area (Å²) in [5.74, 6) is 0. The van der Waals surface area contributed by atoms with Gasteiger partial charge in [0.1, 0.15) is 0 Å². The highest BCUT2D eigenvalue weighted by molar-refractivity contribution is 6.34. The second kappa shape index (κ2) is 4.28. The van der Waals surface area contributed by atoms with Crippen LogP contribution in [0.2, 0.25) is 5.02 Å². The lowest BCUT2D eigenvalue weighted by Gasteiger charge is -1.89. The number of hydrogen-bond acceptors (Lipinski definition) is 1. The molecule has 1 N–H and O–H groups in total. The van der Waals surface area contributed by atoms with E-state index in [1.165, 1.54) is 0 Å². The summed E-state index contributed by atoms with van der Waals surface area (Å²) in [5.41, 5.74) is 2.08. The van der Waals surface area contributed by atoms with Crippen LogP contribution in [0, 0.1) is 6.92 Å². The van der Waals surface area contributed by atoms with Gasteiger partial charge in [0.15, 0.2) is 0 Å². The number of fused-ring (bicyclic) bond motifs is 1. The molecular weight excluding hydrogens is 184 g/mol. The highest BCUT2D eigenvalue weighted by Crippen LogP contribution is 2.21. The summed E-state index contributed by atoms with van der Waals surface area (Å²) in [6, 6.07) is 2.02. The summed E-state index contributed by atoms with van der Waals surface area (Å²) < 4.78 is 0. The van der Waals surface area contributed by atoms with Gasteiger partial charge in [0.2, 0.25) is 0 Å². The average Bonchev–Trinajstić information content (AvgIpc) is 2.51. The second-order valence-corrected chi connectivity index (χ2v) is 2.95. The molecule has 2 heterocycles. The third-order valence-corrected chi connectivity index (χ3v) is 1.91. The average molecular weight is 197 g/mol. The standard InChI is InChI=1S/C8H7ClN2.C2H6/c1-5-2-6-3-10-4-7(9)8(6)11-5;1-2/h2-4,11H,1H3;1-2H3. The van der Waals surface area contributed by atoms with Crippen LogP contribution in [0.15, 0.2) is 18.5 Å². The van der Waals surface area contributed by atoms with E-state index in [0.717, 1.165) is 16.6 Å². The van der Waals surface area contributed by atoms with Crippen molar-refractivity contribution in [1.29, 1.82) is 0 Å². The van der Waals surface area contributed by atoms with Gasteiger partial charge in [-0.3, -0.25) is 4.98 Å². The van der Waals surface area contributed by atoms with Crippen LogP contribution in [0.5, 0.6) is 0 Å². The molecule has 0 aliphatic rings. The van der Waals surface area contributed by atoms with E-state index in [2.05, 4.69) is 9.97 Å². The molecule has 0 saturated carbocycles. The molecule has 2 aromatic heterocycles. The molecule has 0 amide bonds. The van der Waals surface area contributed by atoms with Gasteiger partial charge in [-0.15, -0.1) is 0 Å². The summed E-state index contributed by atoms with van der Waals surface area (Å²) in [6.45, 7) is 6.00. The van der Waals surface area contributed by atoms with E-state index in [-0.39, 0.29) is 0 Å². The third-order valence-electron chi connectivity index (χ3n) is 1.62. The zero-order chi connectivity index (χ0) is 9.84. The van der Waals surface area contributed by atoms with Crippen LogP contribution >= 0.6 is 11.6 Å². The minimum absolute atomic E-state index is 0.676. The summed E-state index contributed by atoms with van der Waals surface area (Å²) in [6.07, 6.45) is 3.44. The SMILES string of the molecule is CC.Cc1cc2cncc(Cl)c2[nH]1. The molecule has 0 fully saturated rings. The van der Waals surface area contributed by atoms with Gasteiger partial charge < -0.3 is 4.98 Å². The van der Waals surface area contributed by atoms with Crippen LogP contribution in [0.25, 0.3) is 10.9 Å². The fourth-order valence-corrected chi connectivity index (χ4v) is 1.37. The van der Waals surface area contributed by atoms with Gasteiger partial charge in [0.25, 0.3) is 0 Å². The first-order valence-corrected chi connectivity index (χ1v) is 4.74. The molecule has 2 rings (SSSR count). The van der Waals surface area contributed by atoms with Crippen LogP contribution in [-0.2, 0) is 0 Å². The highest BCUT2D eigenvalue weighted by atomic mass is 35.5.